The zero-order valence-electron chi connectivity index (χ0n) is 32.0. The van der Waals surface area contributed by atoms with Gasteiger partial charge in [0, 0.05) is 27.5 Å². The van der Waals surface area contributed by atoms with E-state index in [1.165, 1.54) is 16.7 Å². The van der Waals surface area contributed by atoms with Crippen LogP contribution in [0.2, 0.25) is 0 Å². The summed E-state index contributed by atoms with van der Waals surface area (Å²) < 4.78 is 6.60. The zero-order chi connectivity index (χ0) is 39.1. The molecule has 0 saturated heterocycles. The molecule has 0 atom stereocenters. The van der Waals surface area contributed by atoms with Crippen LogP contribution in [0.15, 0.2) is 217 Å². The number of hydrogen-bond donors (Lipinski definition) is 0. The summed E-state index contributed by atoms with van der Waals surface area (Å²) in [4.78, 5) is 15.6. The fourth-order valence-electron chi connectivity index (χ4n) is 8.19. The lowest BCUT2D eigenvalue weighted by molar-refractivity contribution is 0.669. The standard InChI is InChI=1S/C55H35N3O/c1-4-13-36(14-5-1)39-25-27-40(28-26-39)47-22-12-24-50-52(47)49-32-30-45(35-51(49)59-50)54-56-53(44-21-10-19-41(34-44)37-15-6-2-7-16-37)57-55(58-54)48-23-11-20-43-33-42(29-31-46(43)48)38-17-8-3-9-18-38/h1-35H. The van der Waals surface area contributed by atoms with Gasteiger partial charge in [0.1, 0.15) is 11.2 Å². The van der Waals surface area contributed by atoms with Gasteiger partial charge in [0.05, 0.1) is 0 Å². The molecule has 0 radical (unpaired) electrons. The maximum Gasteiger partial charge on any atom is 0.164 e. The third-order valence-electron chi connectivity index (χ3n) is 11.2. The van der Waals surface area contributed by atoms with Crippen LogP contribution in [-0.2, 0) is 0 Å². The molecule has 2 heterocycles. The molecule has 276 valence electrons. The molecule has 0 aliphatic rings. The van der Waals surface area contributed by atoms with Gasteiger partial charge >= 0.3 is 0 Å². The molecule has 11 rings (SSSR count). The Kier molecular flexibility index (Phi) is 8.45. The van der Waals surface area contributed by atoms with Crippen molar-refractivity contribution in [3.05, 3.63) is 212 Å². The Labute approximate surface area is 341 Å². The van der Waals surface area contributed by atoms with Gasteiger partial charge in [0.2, 0.25) is 0 Å². The highest BCUT2D eigenvalue weighted by atomic mass is 16.3. The molecule has 0 unspecified atom stereocenters. The minimum Gasteiger partial charge on any atom is -0.456 e. The van der Waals surface area contributed by atoms with Crippen LogP contribution in [0.5, 0.6) is 0 Å². The van der Waals surface area contributed by atoms with Crippen molar-refractivity contribution in [3.63, 3.8) is 0 Å². The van der Waals surface area contributed by atoms with Crippen LogP contribution in [0.1, 0.15) is 0 Å². The van der Waals surface area contributed by atoms with E-state index in [-0.39, 0.29) is 0 Å². The quantitative estimate of drug-likeness (QED) is 0.163. The topological polar surface area (TPSA) is 51.8 Å². The second-order valence-electron chi connectivity index (χ2n) is 14.8. The second kappa shape index (κ2) is 14.5. The summed E-state index contributed by atoms with van der Waals surface area (Å²) in [6.07, 6.45) is 0. The first-order chi connectivity index (χ1) is 29.2. The largest absolute Gasteiger partial charge is 0.456 e. The van der Waals surface area contributed by atoms with E-state index in [4.69, 9.17) is 19.4 Å². The molecule has 0 aliphatic heterocycles. The predicted molar refractivity (Wildman–Crippen MR) is 243 cm³/mol. The van der Waals surface area contributed by atoms with E-state index in [9.17, 15) is 0 Å². The Hall–Kier alpha value is -7.95. The van der Waals surface area contributed by atoms with Crippen LogP contribution in [0.3, 0.4) is 0 Å². The average molecular weight is 754 g/mol. The number of aromatic nitrogens is 3. The van der Waals surface area contributed by atoms with Crippen molar-refractivity contribution in [2.75, 3.05) is 0 Å². The van der Waals surface area contributed by atoms with Crippen molar-refractivity contribution in [1.29, 1.82) is 0 Å². The first kappa shape index (κ1) is 34.3. The van der Waals surface area contributed by atoms with E-state index >= 15 is 0 Å². The van der Waals surface area contributed by atoms with E-state index in [2.05, 4.69) is 188 Å². The van der Waals surface area contributed by atoms with Crippen LogP contribution in [0.25, 0.3) is 111 Å². The van der Waals surface area contributed by atoms with Gasteiger partial charge in [-0.1, -0.05) is 182 Å². The summed E-state index contributed by atoms with van der Waals surface area (Å²) in [5.74, 6) is 1.79. The summed E-state index contributed by atoms with van der Waals surface area (Å²) in [7, 11) is 0. The van der Waals surface area contributed by atoms with E-state index in [0.717, 1.165) is 77.2 Å². The van der Waals surface area contributed by atoms with Crippen LogP contribution >= 0.6 is 0 Å². The third kappa shape index (κ3) is 6.43. The molecule has 0 N–H and O–H groups in total. The third-order valence-corrected chi connectivity index (χ3v) is 11.2. The van der Waals surface area contributed by atoms with E-state index in [1.54, 1.807) is 0 Å². The SMILES string of the molecule is c1ccc(-c2ccc(-c3cccc4oc5cc(-c6nc(-c7cccc(-c8ccccc8)c7)nc(-c7cccc8cc(-c9ccccc9)ccc78)n6)ccc5c34)cc2)cc1. The molecular formula is C55H35N3O. The number of hydrogen-bond acceptors (Lipinski definition) is 4. The predicted octanol–water partition coefficient (Wildman–Crippen LogP) is 14.6. The normalized spacial score (nSPS) is 11.4. The lowest BCUT2D eigenvalue weighted by Gasteiger charge is -2.12. The average Bonchev–Trinajstić information content (AvgIpc) is 3.70. The van der Waals surface area contributed by atoms with Crippen molar-refractivity contribution in [1.82, 2.24) is 15.0 Å². The van der Waals surface area contributed by atoms with Crippen molar-refractivity contribution < 1.29 is 4.42 Å². The molecule has 0 spiro atoms. The van der Waals surface area contributed by atoms with Crippen molar-refractivity contribution in [2.24, 2.45) is 0 Å². The Bertz CT molecular complexity index is 3300. The van der Waals surface area contributed by atoms with Gasteiger partial charge in [-0.3, -0.25) is 0 Å². The Morgan fingerprint density at radius 3 is 1.46 bits per heavy atom. The highest BCUT2D eigenvalue weighted by Crippen LogP contribution is 2.39. The van der Waals surface area contributed by atoms with Crippen LogP contribution in [0.4, 0.5) is 0 Å². The number of rotatable bonds is 7. The molecule has 59 heavy (non-hydrogen) atoms. The molecule has 0 aliphatic carbocycles. The highest BCUT2D eigenvalue weighted by molar-refractivity contribution is 6.13. The minimum atomic E-state index is 0.576. The Morgan fingerprint density at radius 1 is 0.271 bits per heavy atom. The van der Waals surface area contributed by atoms with Gasteiger partial charge in [0.15, 0.2) is 17.5 Å². The first-order valence-electron chi connectivity index (χ1n) is 19.8. The molecule has 0 saturated carbocycles. The Morgan fingerprint density at radius 2 is 0.746 bits per heavy atom. The van der Waals surface area contributed by atoms with Gasteiger partial charge in [-0.05, 0) is 85.6 Å². The molecule has 9 aromatic carbocycles. The molecule has 0 fully saturated rings. The summed E-state index contributed by atoms with van der Waals surface area (Å²) >= 11 is 0. The van der Waals surface area contributed by atoms with Crippen LogP contribution in [-0.4, -0.2) is 15.0 Å². The van der Waals surface area contributed by atoms with Gasteiger partial charge in [-0.25, -0.2) is 15.0 Å². The molecule has 0 bridgehead atoms. The van der Waals surface area contributed by atoms with E-state index < -0.39 is 0 Å². The van der Waals surface area contributed by atoms with Crippen molar-refractivity contribution in [2.45, 2.75) is 0 Å². The fraction of sp³-hybridized carbons (Fsp3) is 0. The van der Waals surface area contributed by atoms with Gasteiger partial charge in [-0.2, -0.15) is 0 Å². The van der Waals surface area contributed by atoms with E-state index in [1.807, 2.05) is 24.3 Å². The molecule has 0 amide bonds. The number of benzene rings is 9. The van der Waals surface area contributed by atoms with Crippen LogP contribution < -0.4 is 0 Å². The van der Waals surface area contributed by atoms with Gasteiger partial charge < -0.3 is 4.42 Å². The van der Waals surface area contributed by atoms with Gasteiger partial charge in [0.25, 0.3) is 0 Å². The van der Waals surface area contributed by atoms with Crippen molar-refractivity contribution >= 4 is 32.7 Å². The summed E-state index contributed by atoms with van der Waals surface area (Å²) in [6.45, 7) is 0. The molecule has 4 heteroatoms. The maximum absolute atomic E-state index is 6.60. The highest BCUT2D eigenvalue weighted by Gasteiger charge is 2.18. The monoisotopic (exact) mass is 753 g/mol. The lowest BCUT2D eigenvalue weighted by atomic mass is 9.96. The number of furan rings is 1. The van der Waals surface area contributed by atoms with E-state index in [0.29, 0.717) is 17.5 Å². The summed E-state index contributed by atoms with van der Waals surface area (Å²) in [5.41, 5.74) is 13.5. The summed E-state index contributed by atoms with van der Waals surface area (Å²) in [6, 6.07) is 74.0. The first-order valence-corrected chi connectivity index (χ1v) is 19.8. The second-order valence-corrected chi connectivity index (χ2v) is 14.8. The smallest absolute Gasteiger partial charge is 0.164 e. The van der Waals surface area contributed by atoms with Gasteiger partial charge in [-0.15, -0.1) is 0 Å². The summed E-state index contributed by atoms with van der Waals surface area (Å²) in [5, 5.41) is 4.32. The molecule has 4 nitrogen and oxygen atoms in total. The molecule has 2 aromatic heterocycles. The van der Waals surface area contributed by atoms with Crippen LogP contribution in [0, 0.1) is 0 Å². The Balaban J connectivity index is 1.04. The fourth-order valence-corrected chi connectivity index (χ4v) is 8.19. The lowest BCUT2D eigenvalue weighted by Crippen LogP contribution is -2.00. The maximum atomic E-state index is 6.60. The molecular weight excluding hydrogens is 719 g/mol. The van der Waals surface area contributed by atoms with Crippen molar-refractivity contribution in [3.8, 4) is 78.7 Å². The number of fused-ring (bicyclic) bond motifs is 4. The molecule has 11 aromatic rings. The number of nitrogens with zero attached hydrogens (tertiary/aromatic N) is 3. The minimum absolute atomic E-state index is 0.576. The zero-order valence-corrected chi connectivity index (χ0v) is 32.0.